The average Bonchev–Trinajstić information content (AvgIpc) is 2.46. The predicted molar refractivity (Wildman–Crippen MR) is 79.3 cm³/mol. The first kappa shape index (κ1) is 17.0. The number of amides is 2. The van der Waals surface area contributed by atoms with Crippen molar-refractivity contribution >= 4 is 23.6 Å². The molecule has 2 amide bonds. The summed E-state index contributed by atoms with van der Waals surface area (Å²) in [5, 5.41) is 13.6. The topological polar surface area (TPSA) is 82.0 Å². The Balaban J connectivity index is 2.79. The summed E-state index contributed by atoms with van der Waals surface area (Å²) in [6, 6.07) is 5.93. The van der Waals surface area contributed by atoms with Gasteiger partial charge in [-0.3, -0.25) is 9.59 Å². The van der Waals surface area contributed by atoms with E-state index < -0.39 is 29.7 Å². The molecule has 0 saturated heterocycles. The lowest BCUT2D eigenvalue weighted by atomic mass is 10.2. The smallest absolute Gasteiger partial charge is 0.254 e. The minimum atomic E-state index is -0.831. The van der Waals surface area contributed by atoms with Gasteiger partial charge in [0.05, 0.1) is 11.6 Å². The van der Waals surface area contributed by atoms with Crippen molar-refractivity contribution in [3.05, 3.63) is 35.6 Å². The van der Waals surface area contributed by atoms with Crippen LogP contribution in [0.15, 0.2) is 24.3 Å². The normalized spacial score (nSPS) is 12.9. The minimum absolute atomic E-state index is 0.121. The van der Waals surface area contributed by atoms with Gasteiger partial charge in [-0.2, -0.15) is 17.0 Å². The van der Waals surface area contributed by atoms with E-state index in [0.29, 0.717) is 5.75 Å². The van der Waals surface area contributed by atoms with E-state index in [-0.39, 0.29) is 5.56 Å². The fourth-order valence-electron chi connectivity index (χ4n) is 1.58. The minimum Gasteiger partial charge on any atom is -0.339 e. The molecule has 0 aromatic heterocycles. The SMILES string of the molecule is CSCC(NC(=O)c1ccccc1F)C(=O)NC(C)C#N. The number of nitrogens with one attached hydrogen (secondary N) is 2. The first-order valence-electron chi connectivity index (χ1n) is 6.24. The van der Waals surface area contributed by atoms with E-state index in [2.05, 4.69) is 10.6 Å². The van der Waals surface area contributed by atoms with Gasteiger partial charge in [-0.1, -0.05) is 12.1 Å². The fraction of sp³-hybridized carbons (Fsp3) is 0.357. The van der Waals surface area contributed by atoms with E-state index >= 15 is 0 Å². The van der Waals surface area contributed by atoms with E-state index in [1.165, 1.54) is 36.9 Å². The molecular formula is C14H16FN3O2S. The second-order valence-electron chi connectivity index (χ2n) is 4.32. The van der Waals surface area contributed by atoms with E-state index in [0.717, 1.165) is 0 Å². The van der Waals surface area contributed by atoms with Gasteiger partial charge in [-0.15, -0.1) is 0 Å². The van der Waals surface area contributed by atoms with Gasteiger partial charge in [0, 0.05) is 5.75 Å². The van der Waals surface area contributed by atoms with Gasteiger partial charge in [0.15, 0.2) is 0 Å². The zero-order chi connectivity index (χ0) is 15.8. The van der Waals surface area contributed by atoms with Crippen LogP contribution < -0.4 is 10.6 Å². The number of halogens is 1. The number of thioether (sulfide) groups is 1. The van der Waals surface area contributed by atoms with Crippen LogP contribution in [0.25, 0.3) is 0 Å². The number of rotatable bonds is 6. The Labute approximate surface area is 126 Å². The molecule has 2 atom stereocenters. The Kier molecular flexibility index (Phi) is 6.69. The van der Waals surface area contributed by atoms with E-state index in [1.54, 1.807) is 12.3 Å². The maximum atomic E-state index is 13.5. The summed E-state index contributed by atoms with van der Waals surface area (Å²) in [6.45, 7) is 1.53. The second kappa shape index (κ2) is 8.27. The van der Waals surface area contributed by atoms with Gasteiger partial charge in [-0.25, -0.2) is 4.39 Å². The summed E-state index contributed by atoms with van der Waals surface area (Å²) in [4.78, 5) is 24.0. The van der Waals surface area contributed by atoms with Crippen LogP contribution in [-0.2, 0) is 4.79 Å². The molecule has 0 bridgehead atoms. The number of benzene rings is 1. The highest BCUT2D eigenvalue weighted by Gasteiger charge is 2.23. The zero-order valence-corrected chi connectivity index (χ0v) is 12.5. The molecule has 1 rings (SSSR count). The van der Waals surface area contributed by atoms with Crippen molar-refractivity contribution in [2.45, 2.75) is 19.0 Å². The quantitative estimate of drug-likeness (QED) is 0.830. The first-order valence-corrected chi connectivity index (χ1v) is 7.63. The fourth-order valence-corrected chi connectivity index (χ4v) is 2.15. The lowest BCUT2D eigenvalue weighted by Crippen LogP contribution is -2.50. The van der Waals surface area contributed by atoms with Crippen molar-refractivity contribution in [1.82, 2.24) is 10.6 Å². The maximum Gasteiger partial charge on any atom is 0.254 e. The van der Waals surface area contributed by atoms with Crippen molar-refractivity contribution in [3.63, 3.8) is 0 Å². The van der Waals surface area contributed by atoms with Crippen molar-refractivity contribution < 1.29 is 14.0 Å². The highest BCUT2D eigenvalue weighted by atomic mass is 32.2. The van der Waals surface area contributed by atoms with Gasteiger partial charge < -0.3 is 10.6 Å². The molecule has 5 nitrogen and oxygen atoms in total. The summed E-state index contributed by atoms with van der Waals surface area (Å²) in [7, 11) is 0. The molecule has 0 spiro atoms. The Hall–Kier alpha value is -2.07. The van der Waals surface area contributed by atoms with Crippen LogP contribution in [0.3, 0.4) is 0 Å². The third-order valence-corrected chi connectivity index (χ3v) is 3.29. The second-order valence-corrected chi connectivity index (χ2v) is 5.23. The van der Waals surface area contributed by atoms with Gasteiger partial charge in [0.2, 0.25) is 5.91 Å². The molecule has 7 heteroatoms. The lowest BCUT2D eigenvalue weighted by Gasteiger charge is -2.18. The van der Waals surface area contributed by atoms with Crippen LogP contribution in [0.4, 0.5) is 4.39 Å². The van der Waals surface area contributed by atoms with Crippen LogP contribution in [0.5, 0.6) is 0 Å². The zero-order valence-electron chi connectivity index (χ0n) is 11.7. The molecule has 2 N–H and O–H groups in total. The number of hydrogen-bond acceptors (Lipinski definition) is 4. The number of carbonyl (C=O) groups excluding carboxylic acids is 2. The number of nitriles is 1. The highest BCUT2D eigenvalue weighted by molar-refractivity contribution is 7.98. The molecule has 0 aliphatic carbocycles. The number of nitrogens with zero attached hydrogens (tertiary/aromatic N) is 1. The van der Waals surface area contributed by atoms with Crippen molar-refractivity contribution in [2.24, 2.45) is 0 Å². The average molecular weight is 309 g/mol. The van der Waals surface area contributed by atoms with Crippen LogP contribution in [0.2, 0.25) is 0 Å². The summed E-state index contributed by atoms with van der Waals surface area (Å²) in [5.74, 6) is -1.46. The molecule has 0 aliphatic heterocycles. The van der Waals surface area contributed by atoms with Crippen molar-refractivity contribution in [3.8, 4) is 6.07 Å². The van der Waals surface area contributed by atoms with E-state index in [4.69, 9.17) is 5.26 Å². The maximum absolute atomic E-state index is 13.5. The predicted octanol–water partition coefficient (Wildman–Crippen LogP) is 1.32. The largest absolute Gasteiger partial charge is 0.339 e. The molecule has 0 radical (unpaired) electrons. The molecule has 0 saturated carbocycles. The molecule has 0 heterocycles. The van der Waals surface area contributed by atoms with Crippen LogP contribution >= 0.6 is 11.8 Å². The molecule has 1 aromatic rings. The summed E-state index contributed by atoms with van der Waals surface area (Å²) in [5.41, 5.74) is -0.121. The lowest BCUT2D eigenvalue weighted by molar-refractivity contribution is -0.122. The third kappa shape index (κ3) is 5.08. The summed E-state index contributed by atoms with van der Waals surface area (Å²) >= 11 is 1.36. The van der Waals surface area contributed by atoms with E-state index in [1.807, 2.05) is 6.07 Å². The van der Waals surface area contributed by atoms with Crippen LogP contribution in [0, 0.1) is 17.1 Å². The Morgan fingerprint density at radius 3 is 2.62 bits per heavy atom. The molecule has 0 aliphatic rings. The molecular weight excluding hydrogens is 293 g/mol. The molecule has 1 aromatic carbocycles. The Morgan fingerprint density at radius 1 is 1.38 bits per heavy atom. The van der Waals surface area contributed by atoms with Gasteiger partial charge in [0.1, 0.15) is 17.9 Å². The van der Waals surface area contributed by atoms with E-state index in [9.17, 15) is 14.0 Å². The standard InChI is InChI=1S/C14H16FN3O2S/c1-9(7-16)17-14(20)12(8-21-2)18-13(19)10-5-3-4-6-11(10)15/h3-6,9,12H,8H2,1-2H3,(H,17,20)(H,18,19). The number of hydrogen-bond donors (Lipinski definition) is 2. The molecule has 112 valence electrons. The Morgan fingerprint density at radius 2 is 2.05 bits per heavy atom. The Bertz CT molecular complexity index is 559. The van der Waals surface area contributed by atoms with Crippen LogP contribution in [-0.4, -0.2) is 35.9 Å². The summed E-state index contributed by atoms with van der Waals surface area (Å²) in [6.07, 6.45) is 1.78. The van der Waals surface area contributed by atoms with Gasteiger partial charge in [0.25, 0.3) is 5.91 Å². The monoisotopic (exact) mass is 309 g/mol. The van der Waals surface area contributed by atoms with Crippen LogP contribution in [0.1, 0.15) is 17.3 Å². The molecule has 21 heavy (non-hydrogen) atoms. The first-order chi connectivity index (χ1) is 9.99. The van der Waals surface area contributed by atoms with Gasteiger partial charge in [-0.05, 0) is 25.3 Å². The van der Waals surface area contributed by atoms with Crippen molar-refractivity contribution in [1.29, 1.82) is 5.26 Å². The highest BCUT2D eigenvalue weighted by Crippen LogP contribution is 2.07. The molecule has 2 unspecified atom stereocenters. The number of carbonyl (C=O) groups is 2. The molecule has 0 fully saturated rings. The van der Waals surface area contributed by atoms with Gasteiger partial charge >= 0.3 is 0 Å². The summed E-state index contributed by atoms with van der Waals surface area (Å²) < 4.78 is 13.5. The third-order valence-electron chi connectivity index (χ3n) is 2.63. The van der Waals surface area contributed by atoms with Crippen molar-refractivity contribution in [2.75, 3.05) is 12.0 Å².